The van der Waals surface area contributed by atoms with Crippen LogP contribution in [0.5, 0.6) is 0 Å². The fourth-order valence-corrected chi connectivity index (χ4v) is 2.26. The monoisotopic (exact) mass is 263 g/mol. The molecular weight excluding hydrogens is 246 g/mol. The summed E-state index contributed by atoms with van der Waals surface area (Å²) in [5, 5.41) is 10.5. The zero-order valence-corrected chi connectivity index (χ0v) is 11.3. The first-order chi connectivity index (χ1) is 8.63. The molecule has 1 aromatic carbocycles. The fourth-order valence-electron chi connectivity index (χ4n) is 1.38. The summed E-state index contributed by atoms with van der Waals surface area (Å²) in [7, 11) is 0. The van der Waals surface area contributed by atoms with Crippen LogP contribution in [0.15, 0.2) is 53.5 Å². The van der Waals surface area contributed by atoms with Crippen LogP contribution in [0, 0.1) is 10.1 Å². The molecule has 0 heterocycles. The maximum atomic E-state index is 10.5. The minimum Gasteiger partial charge on any atom is -0.258 e. The van der Waals surface area contributed by atoms with Crippen LogP contribution in [-0.4, -0.2) is 10.7 Å². The van der Waals surface area contributed by atoms with Crippen molar-refractivity contribution in [2.24, 2.45) is 0 Å². The largest absolute Gasteiger partial charge is 0.269 e. The number of nitro benzene ring substituents is 1. The smallest absolute Gasteiger partial charge is 0.258 e. The molecule has 18 heavy (non-hydrogen) atoms. The summed E-state index contributed by atoms with van der Waals surface area (Å²) in [6.07, 6.45) is 6.16. The van der Waals surface area contributed by atoms with Gasteiger partial charge in [0.2, 0.25) is 0 Å². The second-order valence-corrected chi connectivity index (χ2v) is 5.03. The molecule has 0 unspecified atom stereocenters. The summed E-state index contributed by atoms with van der Waals surface area (Å²) in [6.45, 7) is 5.81. The van der Waals surface area contributed by atoms with Gasteiger partial charge in [-0.1, -0.05) is 17.7 Å². The zero-order chi connectivity index (χ0) is 13.4. The highest BCUT2D eigenvalue weighted by Crippen LogP contribution is 2.22. The molecule has 0 saturated carbocycles. The van der Waals surface area contributed by atoms with Gasteiger partial charge in [-0.3, -0.25) is 10.1 Å². The molecular formula is C14H17NO2S. The summed E-state index contributed by atoms with van der Waals surface area (Å²) in [4.78, 5) is 11.2. The first kappa shape index (κ1) is 14.5. The SMILES string of the molecule is C=CCC/C(C)=C/CSc1ccc([N+](=O)[O-])cc1. The minimum atomic E-state index is -0.381. The predicted octanol–water partition coefficient (Wildman–Crippen LogP) is 4.60. The van der Waals surface area contributed by atoms with Gasteiger partial charge in [-0.15, -0.1) is 18.3 Å². The van der Waals surface area contributed by atoms with E-state index in [0.29, 0.717) is 0 Å². The Kier molecular flexibility index (Phi) is 6.22. The maximum Gasteiger partial charge on any atom is 0.269 e. The van der Waals surface area contributed by atoms with Gasteiger partial charge >= 0.3 is 0 Å². The Morgan fingerprint density at radius 2 is 2.11 bits per heavy atom. The van der Waals surface area contributed by atoms with Crippen LogP contribution in [0.4, 0.5) is 5.69 Å². The van der Waals surface area contributed by atoms with Crippen molar-refractivity contribution < 1.29 is 4.92 Å². The van der Waals surface area contributed by atoms with Crippen molar-refractivity contribution in [3.63, 3.8) is 0 Å². The Morgan fingerprint density at radius 1 is 1.44 bits per heavy atom. The molecule has 0 N–H and O–H groups in total. The van der Waals surface area contributed by atoms with Gasteiger partial charge < -0.3 is 0 Å². The molecule has 0 spiro atoms. The molecule has 3 nitrogen and oxygen atoms in total. The van der Waals surface area contributed by atoms with Gasteiger partial charge in [0.1, 0.15) is 0 Å². The Balaban J connectivity index is 2.44. The van der Waals surface area contributed by atoms with E-state index in [-0.39, 0.29) is 10.6 Å². The number of hydrogen-bond donors (Lipinski definition) is 0. The first-order valence-corrected chi connectivity index (χ1v) is 6.76. The second kappa shape index (κ2) is 7.71. The molecule has 0 aliphatic heterocycles. The Morgan fingerprint density at radius 3 is 2.67 bits per heavy atom. The van der Waals surface area contributed by atoms with Crippen LogP contribution in [0.2, 0.25) is 0 Å². The lowest BCUT2D eigenvalue weighted by atomic mass is 10.1. The summed E-state index contributed by atoms with van der Waals surface area (Å²) >= 11 is 1.68. The lowest BCUT2D eigenvalue weighted by Gasteiger charge is -2.00. The number of hydrogen-bond acceptors (Lipinski definition) is 3. The van der Waals surface area contributed by atoms with E-state index in [0.717, 1.165) is 23.5 Å². The molecule has 0 radical (unpaired) electrons. The lowest BCUT2D eigenvalue weighted by Crippen LogP contribution is -1.86. The molecule has 0 aromatic heterocycles. The van der Waals surface area contributed by atoms with Crippen molar-refractivity contribution in [3.8, 4) is 0 Å². The van der Waals surface area contributed by atoms with Crippen molar-refractivity contribution in [2.75, 3.05) is 5.75 Å². The topological polar surface area (TPSA) is 43.1 Å². The predicted molar refractivity (Wildman–Crippen MR) is 77.0 cm³/mol. The third-order valence-electron chi connectivity index (χ3n) is 2.47. The van der Waals surface area contributed by atoms with Crippen LogP contribution in [0.1, 0.15) is 19.8 Å². The molecule has 4 heteroatoms. The number of nitrogens with zero attached hydrogens (tertiary/aromatic N) is 1. The Hall–Kier alpha value is -1.55. The average molecular weight is 263 g/mol. The molecule has 1 rings (SSSR count). The molecule has 0 aliphatic rings. The van der Waals surface area contributed by atoms with Crippen LogP contribution in [-0.2, 0) is 0 Å². The van der Waals surface area contributed by atoms with E-state index >= 15 is 0 Å². The average Bonchev–Trinajstić information content (AvgIpc) is 2.37. The molecule has 0 saturated heterocycles. The van der Waals surface area contributed by atoms with Gasteiger partial charge in [0.05, 0.1) is 4.92 Å². The summed E-state index contributed by atoms with van der Waals surface area (Å²) < 4.78 is 0. The van der Waals surface area contributed by atoms with E-state index in [1.807, 2.05) is 6.08 Å². The van der Waals surface area contributed by atoms with E-state index in [4.69, 9.17) is 0 Å². The van der Waals surface area contributed by atoms with Crippen LogP contribution >= 0.6 is 11.8 Å². The normalized spacial score (nSPS) is 11.3. The van der Waals surface area contributed by atoms with Gasteiger partial charge in [-0.05, 0) is 31.9 Å². The van der Waals surface area contributed by atoms with Crippen molar-refractivity contribution in [2.45, 2.75) is 24.7 Å². The number of nitro groups is 1. The van der Waals surface area contributed by atoms with E-state index in [9.17, 15) is 10.1 Å². The van der Waals surface area contributed by atoms with Crippen molar-refractivity contribution in [3.05, 3.63) is 58.7 Å². The van der Waals surface area contributed by atoms with Crippen LogP contribution in [0.25, 0.3) is 0 Å². The van der Waals surface area contributed by atoms with Crippen LogP contribution in [0.3, 0.4) is 0 Å². The standard InChI is InChI=1S/C14H17NO2S/c1-3-4-5-12(2)10-11-18-14-8-6-13(7-9-14)15(16)17/h3,6-10H,1,4-5,11H2,2H3/b12-10+. The quantitative estimate of drug-likeness (QED) is 0.312. The fraction of sp³-hybridized carbons (Fsp3) is 0.286. The highest BCUT2D eigenvalue weighted by Gasteiger charge is 2.03. The van der Waals surface area contributed by atoms with E-state index < -0.39 is 0 Å². The molecule has 96 valence electrons. The highest BCUT2D eigenvalue weighted by atomic mass is 32.2. The Bertz CT molecular complexity index is 438. The summed E-state index contributed by atoms with van der Waals surface area (Å²) in [5.74, 6) is 0.890. The molecule has 0 bridgehead atoms. The van der Waals surface area contributed by atoms with Crippen molar-refractivity contribution >= 4 is 17.4 Å². The van der Waals surface area contributed by atoms with Crippen molar-refractivity contribution in [1.29, 1.82) is 0 Å². The van der Waals surface area contributed by atoms with Gasteiger partial charge in [-0.2, -0.15) is 0 Å². The maximum absolute atomic E-state index is 10.5. The summed E-state index contributed by atoms with van der Waals surface area (Å²) in [5.41, 5.74) is 1.49. The van der Waals surface area contributed by atoms with E-state index in [1.54, 1.807) is 23.9 Å². The Labute approximate surface area is 112 Å². The van der Waals surface area contributed by atoms with Gasteiger partial charge in [-0.25, -0.2) is 0 Å². The number of benzene rings is 1. The zero-order valence-electron chi connectivity index (χ0n) is 10.5. The third kappa shape index (κ3) is 5.19. The van der Waals surface area contributed by atoms with Gasteiger partial charge in [0.25, 0.3) is 5.69 Å². The summed E-state index contributed by atoms with van der Waals surface area (Å²) in [6, 6.07) is 6.65. The lowest BCUT2D eigenvalue weighted by molar-refractivity contribution is -0.384. The molecule has 0 aliphatic carbocycles. The van der Waals surface area contributed by atoms with E-state index in [2.05, 4.69) is 19.6 Å². The van der Waals surface area contributed by atoms with Gasteiger partial charge in [0, 0.05) is 22.8 Å². The van der Waals surface area contributed by atoms with Crippen molar-refractivity contribution in [1.82, 2.24) is 0 Å². The number of allylic oxidation sites excluding steroid dienone is 2. The molecule has 0 fully saturated rings. The number of thioether (sulfide) groups is 1. The third-order valence-corrected chi connectivity index (χ3v) is 3.41. The highest BCUT2D eigenvalue weighted by molar-refractivity contribution is 7.99. The molecule has 0 amide bonds. The molecule has 0 atom stereocenters. The number of non-ortho nitro benzene ring substituents is 1. The second-order valence-electron chi connectivity index (χ2n) is 3.94. The van der Waals surface area contributed by atoms with Gasteiger partial charge in [0.15, 0.2) is 0 Å². The van der Waals surface area contributed by atoms with E-state index in [1.165, 1.54) is 17.7 Å². The van der Waals surface area contributed by atoms with Crippen LogP contribution < -0.4 is 0 Å². The first-order valence-electron chi connectivity index (χ1n) is 5.77. The molecule has 1 aromatic rings. The minimum absolute atomic E-state index is 0.136. The number of rotatable bonds is 7.